The zero-order valence-electron chi connectivity index (χ0n) is 9.84. The second-order valence-corrected chi connectivity index (χ2v) is 5.71. The van der Waals surface area contributed by atoms with Crippen molar-refractivity contribution < 1.29 is 4.79 Å². The Morgan fingerprint density at radius 3 is 1.86 bits per heavy atom. The summed E-state index contributed by atoms with van der Waals surface area (Å²) in [4.78, 5) is 12.4. The van der Waals surface area contributed by atoms with Crippen LogP contribution in [-0.4, -0.2) is 27.5 Å². The van der Waals surface area contributed by atoms with Crippen LogP contribution in [0.15, 0.2) is 0 Å². The average Bonchev–Trinajstić information content (AvgIpc) is 1.79. The van der Waals surface area contributed by atoms with Gasteiger partial charge >= 0.3 is 0 Å². The third-order valence-electron chi connectivity index (χ3n) is 1.53. The van der Waals surface area contributed by atoms with Crippen LogP contribution < -0.4 is 5.32 Å². The van der Waals surface area contributed by atoms with Gasteiger partial charge < -0.3 is 5.32 Å². The molecule has 1 amide bonds. The molecule has 0 aliphatic heterocycles. The lowest BCUT2D eigenvalue weighted by molar-refractivity contribution is -0.117. The smallest absolute Gasteiger partial charge is 0.216 e. The largest absolute Gasteiger partial charge is 0.358 e. The molecule has 82 valence electrons. The fourth-order valence-electron chi connectivity index (χ4n) is 0.892. The first-order chi connectivity index (χ1) is 6.08. The van der Waals surface area contributed by atoms with Gasteiger partial charge in [0, 0.05) is 11.1 Å². The van der Waals surface area contributed by atoms with Crippen LogP contribution in [0.4, 0.5) is 0 Å². The Morgan fingerprint density at radius 2 is 1.64 bits per heavy atom. The van der Waals surface area contributed by atoms with E-state index in [9.17, 15) is 4.79 Å². The number of nitrogens with one attached hydrogen (secondary N) is 1. The molecule has 4 heteroatoms. The quantitative estimate of drug-likeness (QED) is 0.537. The van der Waals surface area contributed by atoms with E-state index in [4.69, 9.17) is 12.2 Å². The number of carbonyl (C=O) groups excluding carboxylic acids is 1. The van der Waals surface area contributed by atoms with E-state index in [0.717, 1.165) is 6.41 Å². The molecule has 0 aromatic heterocycles. The Hall–Kier alpha value is -0.640. The van der Waals surface area contributed by atoms with Gasteiger partial charge in [0.25, 0.3) is 0 Å². The summed E-state index contributed by atoms with van der Waals surface area (Å²) < 4.78 is 0. The number of rotatable bonds is 1. The number of hydrogen-bond acceptors (Lipinski definition) is 2. The zero-order valence-corrected chi connectivity index (χ0v) is 10.7. The van der Waals surface area contributed by atoms with Crippen molar-refractivity contribution in [2.75, 3.05) is 0 Å². The summed E-state index contributed by atoms with van der Waals surface area (Å²) in [5, 5.41) is 3.58. The summed E-state index contributed by atoms with van der Waals surface area (Å²) in [5.41, 5.74) is -0.402. The van der Waals surface area contributed by atoms with Crippen molar-refractivity contribution in [1.29, 1.82) is 0 Å². The van der Waals surface area contributed by atoms with Crippen molar-refractivity contribution in [3.05, 3.63) is 0 Å². The van der Waals surface area contributed by atoms with Crippen LogP contribution in [0.1, 0.15) is 41.5 Å². The van der Waals surface area contributed by atoms with E-state index in [-0.39, 0.29) is 11.1 Å². The maximum atomic E-state index is 10.9. The Balaban J connectivity index is 4.58. The Labute approximate surface area is 91.9 Å². The summed E-state index contributed by atoms with van der Waals surface area (Å²) in [7, 11) is 0. The first-order valence-corrected chi connectivity index (χ1v) is 5.05. The second kappa shape index (κ2) is 4.26. The van der Waals surface area contributed by atoms with E-state index in [1.54, 1.807) is 0 Å². The summed E-state index contributed by atoms with van der Waals surface area (Å²) in [6.07, 6.45) is 0.765. The summed E-state index contributed by atoms with van der Waals surface area (Å²) in [6, 6.07) is 0. The molecule has 0 aromatic rings. The molecule has 1 N–H and O–H groups in total. The standard InChI is InChI=1S/C10H20N2OS/c1-9(2,3)11-8(14)12(7-13)10(4,5)6/h7H,1-6H3,(H,11,14). The maximum Gasteiger partial charge on any atom is 0.216 e. The molecule has 0 heterocycles. The van der Waals surface area contributed by atoms with Crippen LogP contribution in [-0.2, 0) is 4.79 Å². The summed E-state index contributed by atoms with van der Waals surface area (Å²) in [5.74, 6) is 0. The van der Waals surface area contributed by atoms with Gasteiger partial charge in [-0.1, -0.05) is 0 Å². The molecule has 0 spiro atoms. The zero-order chi connectivity index (χ0) is 11.6. The second-order valence-electron chi connectivity index (χ2n) is 5.33. The molecule has 0 aliphatic carbocycles. The molecule has 0 aliphatic rings. The van der Waals surface area contributed by atoms with Gasteiger partial charge in [-0.05, 0) is 53.8 Å². The highest BCUT2D eigenvalue weighted by Gasteiger charge is 2.25. The molecule has 0 saturated carbocycles. The number of nitrogens with zero attached hydrogens (tertiary/aromatic N) is 1. The minimum Gasteiger partial charge on any atom is -0.358 e. The average molecular weight is 216 g/mol. The molecule has 0 atom stereocenters. The molecule has 0 bridgehead atoms. The molecule has 0 fully saturated rings. The van der Waals surface area contributed by atoms with Gasteiger partial charge in [-0.15, -0.1) is 0 Å². The molecular formula is C10H20N2OS. The van der Waals surface area contributed by atoms with Crippen LogP contribution >= 0.6 is 12.2 Å². The highest BCUT2D eigenvalue weighted by Crippen LogP contribution is 2.12. The molecule has 3 nitrogen and oxygen atoms in total. The highest BCUT2D eigenvalue weighted by atomic mass is 32.1. The van der Waals surface area contributed by atoms with Crippen LogP contribution in [0.25, 0.3) is 0 Å². The van der Waals surface area contributed by atoms with Crippen LogP contribution in [0.5, 0.6) is 0 Å². The van der Waals surface area contributed by atoms with E-state index >= 15 is 0 Å². The minimum atomic E-state index is -0.281. The topological polar surface area (TPSA) is 32.3 Å². The number of carbonyl (C=O) groups is 1. The van der Waals surface area contributed by atoms with Gasteiger partial charge in [0.2, 0.25) is 6.41 Å². The lowest BCUT2D eigenvalue weighted by Crippen LogP contribution is -2.54. The molecule has 0 radical (unpaired) electrons. The third kappa shape index (κ3) is 4.56. The van der Waals surface area contributed by atoms with Crippen molar-refractivity contribution in [2.45, 2.75) is 52.6 Å². The van der Waals surface area contributed by atoms with Gasteiger partial charge in [0.1, 0.15) is 0 Å². The van der Waals surface area contributed by atoms with Crippen molar-refractivity contribution >= 4 is 23.7 Å². The van der Waals surface area contributed by atoms with Crippen LogP contribution in [0.2, 0.25) is 0 Å². The molecule has 0 aromatic carbocycles. The Morgan fingerprint density at radius 1 is 1.21 bits per heavy atom. The van der Waals surface area contributed by atoms with Crippen molar-refractivity contribution in [3.63, 3.8) is 0 Å². The normalized spacial score (nSPS) is 12.1. The fraction of sp³-hybridized carbons (Fsp3) is 0.800. The van der Waals surface area contributed by atoms with Gasteiger partial charge in [-0.25, -0.2) is 0 Å². The van der Waals surface area contributed by atoms with E-state index in [0.29, 0.717) is 5.11 Å². The SMILES string of the molecule is CC(C)(C)NC(=S)N(C=O)C(C)(C)C. The lowest BCUT2D eigenvalue weighted by atomic mass is 10.1. The molecule has 0 rings (SSSR count). The van der Waals surface area contributed by atoms with Crippen molar-refractivity contribution in [3.8, 4) is 0 Å². The number of hydrogen-bond donors (Lipinski definition) is 1. The number of thiocarbonyl (C=S) groups is 1. The third-order valence-corrected chi connectivity index (χ3v) is 1.83. The van der Waals surface area contributed by atoms with Gasteiger partial charge in [0.05, 0.1) is 0 Å². The van der Waals surface area contributed by atoms with Crippen molar-refractivity contribution in [2.24, 2.45) is 0 Å². The first-order valence-electron chi connectivity index (χ1n) is 4.65. The predicted molar refractivity (Wildman–Crippen MR) is 63.1 cm³/mol. The summed E-state index contributed by atoms with van der Waals surface area (Å²) >= 11 is 5.15. The Kier molecular flexibility index (Phi) is 4.06. The van der Waals surface area contributed by atoms with E-state index in [1.165, 1.54) is 4.90 Å². The summed E-state index contributed by atoms with van der Waals surface area (Å²) in [6.45, 7) is 11.8. The monoisotopic (exact) mass is 216 g/mol. The minimum absolute atomic E-state index is 0.121. The van der Waals surface area contributed by atoms with E-state index in [2.05, 4.69) is 5.32 Å². The van der Waals surface area contributed by atoms with Gasteiger partial charge in [-0.3, -0.25) is 9.69 Å². The highest BCUT2D eigenvalue weighted by molar-refractivity contribution is 7.80. The maximum absolute atomic E-state index is 10.9. The lowest BCUT2D eigenvalue weighted by Gasteiger charge is -2.35. The molecule has 0 saturated heterocycles. The first kappa shape index (κ1) is 13.4. The Bertz CT molecular complexity index is 225. The number of amides is 1. The van der Waals surface area contributed by atoms with Crippen LogP contribution in [0, 0.1) is 0 Å². The molecule has 14 heavy (non-hydrogen) atoms. The fourth-order valence-corrected chi connectivity index (χ4v) is 1.51. The molecule has 0 unspecified atom stereocenters. The van der Waals surface area contributed by atoms with E-state index < -0.39 is 0 Å². The molecular weight excluding hydrogens is 196 g/mol. The predicted octanol–water partition coefficient (Wildman–Crippen LogP) is 1.92. The van der Waals surface area contributed by atoms with Crippen molar-refractivity contribution in [1.82, 2.24) is 10.2 Å². The van der Waals surface area contributed by atoms with Gasteiger partial charge in [-0.2, -0.15) is 0 Å². The van der Waals surface area contributed by atoms with Crippen LogP contribution in [0.3, 0.4) is 0 Å². The van der Waals surface area contributed by atoms with Gasteiger partial charge in [0.15, 0.2) is 5.11 Å². The van der Waals surface area contributed by atoms with E-state index in [1.807, 2.05) is 41.5 Å².